The van der Waals surface area contributed by atoms with Gasteiger partial charge in [0.2, 0.25) is 5.91 Å². The minimum absolute atomic E-state index is 0.0988. The lowest BCUT2D eigenvalue weighted by Crippen LogP contribution is -2.41. The molecular weight excluding hydrogens is 498 g/mol. The van der Waals surface area contributed by atoms with E-state index >= 15 is 0 Å². The molecule has 0 bridgehead atoms. The van der Waals surface area contributed by atoms with Crippen LogP contribution in [-0.4, -0.2) is 47.7 Å². The lowest BCUT2D eigenvalue weighted by molar-refractivity contribution is -0.124. The molecule has 2 N–H and O–H groups in total. The first kappa shape index (κ1) is 25.5. The van der Waals surface area contributed by atoms with E-state index in [-0.39, 0.29) is 24.8 Å². The van der Waals surface area contributed by atoms with Crippen molar-refractivity contribution < 1.29 is 23.9 Å². The number of hydrogen-bond donors (Lipinski definition) is 2. The van der Waals surface area contributed by atoms with E-state index < -0.39 is 5.91 Å². The highest BCUT2D eigenvalue weighted by atomic mass is 35.5. The first-order valence-corrected chi connectivity index (χ1v) is 11.7. The van der Waals surface area contributed by atoms with Gasteiger partial charge in [0.25, 0.3) is 11.8 Å². The van der Waals surface area contributed by atoms with Gasteiger partial charge in [-0.05, 0) is 48.4 Å². The Morgan fingerprint density at radius 2 is 1.88 bits per heavy atom. The van der Waals surface area contributed by atoms with E-state index in [0.29, 0.717) is 37.7 Å². The van der Waals surface area contributed by atoms with Gasteiger partial charge in [-0.3, -0.25) is 30.1 Å². The van der Waals surface area contributed by atoms with Gasteiger partial charge in [0.15, 0.2) is 11.5 Å². The lowest BCUT2D eigenvalue weighted by atomic mass is 10.2. The van der Waals surface area contributed by atoms with Crippen molar-refractivity contribution in [1.82, 2.24) is 15.8 Å². The number of methoxy groups -OCH3 is 2. The summed E-state index contributed by atoms with van der Waals surface area (Å²) in [5.41, 5.74) is 5.79. The molecular formula is C23H22ClN3O5S2. The van der Waals surface area contributed by atoms with Gasteiger partial charge in [0, 0.05) is 23.6 Å². The molecule has 1 saturated heterocycles. The Hall–Kier alpha value is -3.08. The molecule has 0 atom stereocenters. The monoisotopic (exact) mass is 519 g/mol. The molecule has 11 heteroatoms. The van der Waals surface area contributed by atoms with E-state index in [1.165, 1.54) is 22.7 Å². The summed E-state index contributed by atoms with van der Waals surface area (Å²) in [7, 11) is 3.09. The van der Waals surface area contributed by atoms with Crippen molar-refractivity contribution in [3.63, 3.8) is 0 Å². The number of halogens is 1. The summed E-state index contributed by atoms with van der Waals surface area (Å²) in [5, 5.41) is 0.419. The molecule has 0 aromatic heterocycles. The zero-order valence-corrected chi connectivity index (χ0v) is 20.8. The first-order valence-electron chi connectivity index (χ1n) is 10.1. The topological polar surface area (TPSA) is 97.0 Å². The van der Waals surface area contributed by atoms with Gasteiger partial charge >= 0.3 is 0 Å². The highest BCUT2D eigenvalue weighted by Gasteiger charge is 2.31. The van der Waals surface area contributed by atoms with Crippen molar-refractivity contribution in [2.75, 3.05) is 20.8 Å². The Morgan fingerprint density at radius 1 is 1.12 bits per heavy atom. The third kappa shape index (κ3) is 6.49. The molecule has 2 aromatic carbocycles. The molecule has 0 spiro atoms. The van der Waals surface area contributed by atoms with Crippen LogP contribution in [0.15, 0.2) is 47.4 Å². The Bertz CT molecular complexity index is 1160. The number of benzene rings is 2. The van der Waals surface area contributed by atoms with E-state index in [0.717, 1.165) is 5.56 Å². The predicted molar refractivity (Wildman–Crippen MR) is 136 cm³/mol. The zero-order valence-electron chi connectivity index (χ0n) is 18.4. The van der Waals surface area contributed by atoms with Gasteiger partial charge in [-0.25, -0.2) is 0 Å². The van der Waals surface area contributed by atoms with E-state index in [4.69, 9.17) is 33.3 Å². The number of thiocarbonyl (C=S) groups is 1. The van der Waals surface area contributed by atoms with Gasteiger partial charge in [-0.15, -0.1) is 0 Å². The molecule has 1 fully saturated rings. The highest BCUT2D eigenvalue weighted by molar-refractivity contribution is 8.26. The quantitative estimate of drug-likeness (QED) is 0.311. The van der Waals surface area contributed by atoms with Crippen LogP contribution in [-0.2, 0) is 9.59 Å². The number of carbonyl (C=O) groups is 3. The van der Waals surface area contributed by atoms with E-state index in [1.54, 1.807) is 50.6 Å². The zero-order chi connectivity index (χ0) is 24.7. The van der Waals surface area contributed by atoms with Crippen molar-refractivity contribution in [2.24, 2.45) is 0 Å². The van der Waals surface area contributed by atoms with Crippen molar-refractivity contribution in [3.8, 4) is 11.5 Å². The third-order valence-electron chi connectivity index (χ3n) is 4.77. The summed E-state index contributed by atoms with van der Waals surface area (Å²) >= 11 is 12.4. The number of amides is 3. The van der Waals surface area contributed by atoms with Crippen LogP contribution < -0.4 is 20.3 Å². The molecule has 1 heterocycles. The van der Waals surface area contributed by atoms with Crippen LogP contribution in [0.25, 0.3) is 6.08 Å². The average Bonchev–Trinajstić information content (AvgIpc) is 3.09. The van der Waals surface area contributed by atoms with Crippen LogP contribution in [0, 0.1) is 0 Å². The second kappa shape index (κ2) is 11.9. The van der Waals surface area contributed by atoms with Crippen molar-refractivity contribution in [2.45, 2.75) is 12.8 Å². The van der Waals surface area contributed by atoms with Crippen LogP contribution >= 0.6 is 35.6 Å². The summed E-state index contributed by atoms with van der Waals surface area (Å²) in [4.78, 5) is 38.9. The maximum absolute atomic E-state index is 12.8. The Labute approximate surface area is 211 Å². The smallest absolute Gasteiger partial charge is 0.269 e. The Morgan fingerprint density at radius 3 is 2.59 bits per heavy atom. The number of rotatable bonds is 8. The maximum atomic E-state index is 12.8. The summed E-state index contributed by atoms with van der Waals surface area (Å²) in [5.74, 6) is 0.0589. The molecule has 0 saturated carbocycles. The minimum Gasteiger partial charge on any atom is -0.493 e. The van der Waals surface area contributed by atoms with Gasteiger partial charge in [0.1, 0.15) is 4.32 Å². The van der Waals surface area contributed by atoms with E-state index in [1.807, 2.05) is 6.07 Å². The minimum atomic E-state index is -0.479. The molecule has 1 aliphatic rings. The Balaban J connectivity index is 1.50. The maximum Gasteiger partial charge on any atom is 0.269 e. The molecule has 8 nitrogen and oxygen atoms in total. The van der Waals surface area contributed by atoms with Crippen LogP contribution in [0.5, 0.6) is 11.5 Å². The van der Waals surface area contributed by atoms with Crippen LogP contribution in [0.1, 0.15) is 28.8 Å². The number of nitrogens with one attached hydrogen (secondary N) is 2. The summed E-state index contributed by atoms with van der Waals surface area (Å²) in [6.07, 6.45) is 2.20. The predicted octanol–water partition coefficient (Wildman–Crippen LogP) is 3.80. The third-order valence-corrected chi connectivity index (χ3v) is 6.38. The normalized spacial score (nSPS) is 14.3. The number of thioether (sulfide) groups is 1. The van der Waals surface area contributed by atoms with Gasteiger partial charge in [0.05, 0.1) is 19.1 Å². The van der Waals surface area contributed by atoms with E-state index in [9.17, 15) is 14.4 Å². The highest BCUT2D eigenvalue weighted by Crippen LogP contribution is 2.34. The standard InChI is InChI=1S/C23H22ClN3O5S2/c1-31-17-9-8-14(11-18(17)32-2)12-19-22(30)27(23(33)34-19)10-4-7-20(28)25-26-21(29)15-5-3-6-16(24)13-15/h3,5-6,8-9,11-13H,4,7,10H2,1-2H3,(H,25,28)(H,26,29)/b19-12-. The van der Waals surface area contributed by atoms with Crippen molar-refractivity contribution >= 4 is 63.7 Å². The van der Waals surface area contributed by atoms with Gasteiger partial charge < -0.3 is 9.47 Å². The Kier molecular flexibility index (Phi) is 8.91. The fraction of sp³-hybridized carbons (Fsp3) is 0.217. The SMILES string of the molecule is COc1ccc(/C=C2\SC(=S)N(CCCC(=O)NNC(=O)c3cccc(Cl)c3)C2=O)cc1OC. The van der Waals surface area contributed by atoms with Crippen LogP contribution in [0.4, 0.5) is 0 Å². The largest absolute Gasteiger partial charge is 0.493 e. The fourth-order valence-corrected chi connectivity index (χ4v) is 4.57. The molecule has 0 unspecified atom stereocenters. The molecule has 34 heavy (non-hydrogen) atoms. The number of hydrazine groups is 1. The van der Waals surface area contributed by atoms with Crippen LogP contribution in [0.2, 0.25) is 5.02 Å². The van der Waals surface area contributed by atoms with Crippen molar-refractivity contribution in [3.05, 3.63) is 63.5 Å². The average molecular weight is 520 g/mol. The number of hydrogen-bond acceptors (Lipinski definition) is 7. The summed E-state index contributed by atoms with van der Waals surface area (Å²) < 4.78 is 11.0. The van der Waals surface area contributed by atoms with Crippen molar-refractivity contribution in [1.29, 1.82) is 0 Å². The van der Waals surface area contributed by atoms with Gasteiger partial charge in [-0.2, -0.15) is 0 Å². The van der Waals surface area contributed by atoms with Crippen LogP contribution in [0.3, 0.4) is 0 Å². The number of nitrogens with zero attached hydrogens (tertiary/aromatic N) is 1. The number of ether oxygens (including phenoxy) is 2. The molecule has 0 aliphatic carbocycles. The second-order valence-corrected chi connectivity index (χ2v) is 9.18. The molecule has 3 rings (SSSR count). The second-order valence-electron chi connectivity index (χ2n) is 7.06. The van der Waals surface area contributed by atoms with E-state index in [2.05, 4.69) is 10.9 Å². The molecule has 0 radical (unpaired) electrons. The lowest BCUT2D eigenvalue weighted by Gasteiger charge is -2.14. The molecule has 3 amide bonds. The fourth-order valence-electron chi connectivity index (χ4n) is 3.08. The molecule has 178 valence electrons. The molecule has 1 aliphatic heterocycles. The number of carbonyl (C=O) groups excluding carboxylic acids is 3. The first-order chi connectivity index (χ1) is 16.3. The molecule has 2 aromatic rings. The summed E-state index contributed by atoms with van der Waals surface area (Å²) in [6.45, 7) is 0.281. The summed E-state index contributed by atoms with van der Waals surface area (Å²) in [6, 6.07) is 11.7. The van der Waals surface area contributed by atoms with Gasteiger partial charge in [-0.1, -0.05) is 47.7 Å².